The second-order valence-corrected chi connectivity index (χ2v) is 4.01. The summed E-state index contributed by atoms with van der Waals surface area (Å²) in [7, 11) is 0. The van der Waals surface area contributed by atoms with E-state index in [0.717, 1.165) is 5.56 Å². The number of aliphatic imine (C=N–C) groups is 1. The highest BCUT2D eigenvalue weighted by Gasteiger charge is 2.29. The van der Waals surface area contributed by atoms with Crippen LogP contribution in [0.25, 0.3) is 0 Å². The molecule has 0 N–H and O–H groups in total. The molecule has 1 heterocycles. The topological polar surface area (TPSA) is 47.9 Å². The van der Waals surface area contributed by atoms with Crippen LogP contribution in [0.15, 0.2) is 47.3 Å². The molecule has 94 valence electrons. The first-order valence-electron chi connectivity index (χ1n) is 5.54. The second-order valence-electron chi connectivity index (χ2n) is 3.57. The number of rotatable bonds is 4. The zero-order valence-electron chi connectivity index (χ0n) is 9.80. The minimum absolute atomic E-state index is 0.133. The lowest BCUT2D eigenvalue weighted by Crippen LogP contribution is -2.10. The molecule has 0 radical (unpaired) electrons. The van der Waals surface area contributed by atoms with Crippen LogP contribution >= 0.6 is 11.6 Å². The van der Waals surface area contributed by atoms with E-state index in [1.807, 2.05) is 37.3 Å². The molecule has 0 saturated carbocycles. The fourth-order valence-corrected chi connectivity index (χ4v) is 1.68. The van der Waals surface area contributed by atoms with E-state index in [-0.39, 0.29) is 11.6 Å². The van der Waals surface area contributed by atoms with Crippen LogP contribution < -0.4 is 0 Å². The van der Waals surface area contributed by atoms with Crippen molar-refractivity contribution in [3.8, 4) is 0 Å². The quantitative estimate of drug-likeness (QED) is 0.364. The van der Waals surface area contributed by atoms with Crippen molar-refractivity contribution >= 4 is 23.5 Å². The average molecular weight is 266 g/mol. The van der Waals surface area contributed by atoms with Crippen molar-refractivity contribution < 1.29 is 14.3 Å². The number of halogens is 1. The molecule has 2 rings (SSSR count). The fourth-order valence-electron chi connectivity index (χ4n) is 1.44. The van der Waals surface area contributed by atoms with Crippen molar-refractivity contribution in [3.05, 3.63) is 47.9 Å². The van der Waals surface area contributed by atoms with Gasteiger partial charge in [-0.05, 0) is 12.5 Å². The minimum atomic E-state index is -0.581. The first-order chi connectivity index (χ1) is 8.72. The monoisotopic (exact) mass is 265 g/mol. The van der Waals surface area contributed by atoms with Gasteiger partial charge >= 0.3 is 5.97 Å². The summed E-state index contributed by atoms with van der Waals surface area (Å²) in [4.78, 5) is 15.5. The third kappa shape index (κ3) is 2.71. The molecule has 1 unspecified atom stereocenters. The molecule has 1 aromatic carbocycles. The highest BCUT2D eigenvalue weighted by molar-refractivity contribution is 6.32. The molecule has 0 spiro atoms. The van der Waals surface area contributed by atoms with Crippen LogP contribution in [0.5, 0.6) is 0 Å². The lowest BCUT2D eigenvalue weighted by molar-refractivity contribution is -0.130. The molecule has 0 aromatic heterocycles. The van der Waals surface area contributed by atoms with E-state index in [9.17, 15) is 4.79 Å². The molecule has 1 aliphatic rings. The predicted molar refractivity (Wildman–Crippen MR) is 68.3 cm³/mol. The van der Waals surface area contributed by atoms with E-state index in [1.54, 1.807) is 0 Å². The van der Waals surface area contributed by atoms with Gasteiger partial charge in [0.1, 0.15) is 11.6 Å². The molecule has 18 heavy (non-hydrogen) atoms. The van der Waals surface area contributed by atoms with Crippen molar-refractivity contribution in [1.29, 1.82) is 0 Å². The fraction of sp³-hybridized carbons (Fsp3) is 0.231. The van der Waals surface area contributed by atoms with Crippen LogP contribution in [0.3, 0.4) is 0 Å². The number of hydrogen-bond acceptors (Lipinski definition) is 4. The number of carbonyl (C=O) groups excluding carboxylic acids is 1. The summed E-state index contributed by atoms with van der Waals surface area (Å²) in [6.45, 7) is 2.28. The smallest absolute Gasteiger partial charge is 0.366 e. The molecule has 0 amide bonds. The molecule has 0 fully saturated rings. The highest BCUT2D eigenvalue weighted by atomic mass is 35.5. The standard InChI is InChI=1S/C13H12ClNO3/c1-2-17-8-10-13(16)18-12(15-10)11(14)9-6-4-3-5-7-9/h3-8,11H,2H2,1H3/b10-8-. The number of carbonyl (C=O) groups is 1. The summed E-state index contributed by atoms with van der Waals surface area (Å²) in [6.07, 6.45) is 1.28. The van der Waals surface area contributed by atoms with Crippen molar-refractivity contribution in [1.82, 2.24) is 0 Å². The molecule has 0 saturated heterocycles. The van der Waals surface area contributed by atoms with Crippen molar-refractivity contribution in [2.45, 2.75) is 12.3 Å². The van der Waals surface area contributed by atoms with E-state index < -0.39 is 11.3 Å². The number of alkyl halides is 1. The predicted octanol–water partition coefficient (Wildman–Crippen LogP) is 2.80. The van der Waals surface area contributed by atoms with Gasteiger partial charge in [0.2, 0.25) is 5.90 Å². The van der Waals surface area contributed by atoms with Gasteiger partial charge in [0.25, 0.3) is 0 Å². The Morgan fingerprint density at radius 2 is 2.17 bits per heavy atom. The molecule has 5 heteroatoms. The van der Waals surface area contributed by atoms with Gasteiger partial charge in [-0.2, -0.15) is 0 Å². The lowest BCUT2D eigenvalue weighted by Gasteiger charge is -2.07. The summed E-state index contributed by atoms with van der Waals surface area (Å²) in [6, 6.07) is 9.30. The van der Waals surface area contributed by atoms with Crippen LogP contribution in [0.1, 0.15) is 17.9 Å². The molecule has 1 aromatic rings. The molecule has 0 aliphatic carbocycles. The SMILES string of the molecule is CCO/C=C1\N=C(C(Cl)c2ccccc2)OC1=O. The number of cyclic esters (lactones) is 1. The van der Waals surface area contributed by atoms with Crippen LogP contribution in [0.4, 0.5) is 0 Å². The number of nitrogens with zero attached hydrogens (tertiary/aromatic N) is 1. The Morgan fingerprint density at radius 3 is 2.83 bits per heavy atom. The Hall–Kier alpha value is -1.81. The summed E-state index contributed by atoms with van der Waals surface area (Å²) < 4.78 is 10.0. The van der Waals surface area contributed by atoms with E-state index in [0.29, 0.717) is 6.61 Å². The van der Waals surface area contributed by atoms with E-state index in [4.69, 9.17) is 21.1 Å². The largest absolute Gasteiger partial charge is 0.499 e. The van der Waals surface area contributed by atoms with Gasteiger partial charge in [-0.25, -0.2) is 9.79 Å². The van der Waals surface area contributed by atoms with E-state index >= 15 is 0 Å². The minimum Gasteiger partial charge on any atom is -0.499 e. The lowest BCUT2D eigenvalue weighted by atomic mass is 10.1. The summed E-state index contributed by atoms with van der Waals surface area (Å²) in [5.41, 5.74) is 0.955. The second kappa shape index (κ2) is 5.69. The zero-order valence-corrected chi connectivity index (χ0v) is 10.6. The Bertz CT molecular complexity index is 496. The number of hydrogen-bond donors (Lipinski definition) is 0. The van der Waals surface area contributed by atoms with Gasteiger partial charge in [-0.1, -0.05) is 30.3 Å². The Labute approximate surface area is 110 Å². The number of benzene rings is 1. The Balaban J connectivity index is 2.18. The molecule has 4 nitrogen and oxygen atoms in total. The summed E-state index contributed by atoms with van der Waals surface area (Å²) >= 11 is 6.20. The molecular weight excluding hydrogens is 254 g/mol. The number of esters is 1. The van der Waals surface area contributed by atoms with Gasteiger partial charge in [0.15, 0.2) is 5.70 Å². The van der Waals surface area contributed by atoms with Gasteiger partial charge in [-0.3, -0.25) is 0 Å². The third-order valence-electron chi connectivity index (χ3n) is 2.31. The van der Waals surface area contributed by atoms with Gasteiger partial charge in [-0.15, -0.1) is 11.6 Å². The highest BCUT2D eigenvalue weighted by Crippen LogP contribution is 2.27. The molecule has 1 atom stereocenters. The van der Waals surface area contributed by atoms with E-state index in [2.05, 4.69) is 4.99 Å². The maximum atomic E-state index is 11.5. The van der Waals surface area contributed by atoms with E-state index in [1.165, 1.54) is 6.26 Å². The third-order valence-corrected chi connectivity index (χ3v) is 2.75. The van der Waals surface area contributed by atoms with Crippen molar-refractivity contribution in [2.75, 3.05) is 6.61 Å². The maximum Gasteiger partial charge on any atom is 0.366 e. The van der Waals surface area contributed by atoms with Crippen LogP contribution in [-0.4, -0.2) is 18.5 Å². The number of ether oxygens (including phenoxy) is 2. The molecular formula is C13H12ClNO3. The van der Waals surface area contributed by atoms with Crippen molar-refractivity contribution in [2.24, 2.45) is 4.99 Å². The first-order valence-corrected chi connectivity index (χ1v) is 5.97. The Kier molecular flexibility index (Phi) is 3.99. The normalized spacial score (nSPS) is 18.4. The molecule has 0 bridgehead atoms. The van der Waals surface area contributed by atoms with Crippen LogP contribution in [0, 0.1) is 0 Å². The van der Waals surface area contributed by atoms with Gasteiger partial charge in [0.05, 0.1) is 6.61 Å². The van der Waals surface area contributed by atoms with Crippen molar-refractivity contribution in [3.63, 3.8) is 0 Å². The molecule has 1 aliphatic heterocycles. The van der Waals surface area contributed by atoms with Gasteiger partial charge < -0.3 is 9.47 Å². The average Bonchev–Trinajstić information content (AvgIpc) is 2.78. The zero-order chi connectivity index (χ0) is 13.0. The maximum absolute atomic E-state index is 11.5. The van der Waals surface area contributed by atoms with Crippen LogP contribution in [-0.2, 0) is 14.3 Å². The van der Waals surface area contributed by atoms with Gasteiger partial charge in [0, 0.05) is 0 Å². The Morgan fingerprint density at radius 1 is 1.44 bits per heavy atom. The first kappa shape index (κ1) is 12.6. The van der Waals surface area contributed by atoms with Crippen LogP contribution in [0.2, 0.25) is 0 Å². The summed E-state index contributed by atoms with van der Waals surface area (Å²) in [5, 5.41) is -0.581. The summed E-state index contributed by atoms with van der Waals surface area (Å²) in [5.74, 6) is -0.362.